The van der Waals surface area contributed by atoms with E-state index in [2.05, 4.69) is 59.4 Å². The zero-order valence-electron chi connectivity index (χ0n) is 18.0. The Kier molecular flexibility index (Phi) is 6.87. The Balaban J connectivity index is 1.70. The number of nitrogens with zero attached hydrogens (tertiary/aromatic N) is 2. The fourth-order valence-electron chi connectivity index (χ4n) is 3.55. The number of benzene rings is 1. The highest BCUT2D eigenvalue weighted by Crippen LogP contribution is 2.28. The van der Waals surface area contributed by atoms with E-state index in [9.17, 15) is 4.79 Å². The summed E-state index contributed by atoms with van der Waals surface area (Å²) in [6.45, 7) is 10.4. The van der Waals surface area contributed by atoms with E-state index in [1.807, 2.05) is 27.0 Å². The Morgan fingerprint density at radius 1 is 1.24 bits per heavy atom. The van der Waals surface area contributed by atoms with Gasteiger partial charge in [-0.05, 0) is 39.3 Å². The molecule has 0 bridgehead atoms. The molecule has 2 heterocycles. The predicted molar refractivity (Wildman–Crippen MR) is 119 cm³/mol. The van der Waals surface area contributed by atoms with Crippen molar-refractivity contribution in [1.82, 2.24) is 14.9 Å². The summed E-state index contributed by atoms with van der Waals surface area (Å²) in [6.07, 6.45) is 0. The average Bonchev–Trinajstić information content (AvgIpc) is 3.21. The van der Waals surface area contributed by atoms with E-state index in [0.717, 1.165) is 28.7 Å². The van der Waals surface area contributed by atoms with Gasteiger partial charge in [0.05, 0.1) is 12.7 Å². The van der Waals surface area contributed by atoms with E-state index in [1.54, 1.807) is 11.3 Å². The van der Waals surface area contributed by atoms with E-state index in [-0.39, 0.29) is 11.9 Å². The highest BCUT2D eigenvalue weighted by atomic mass is 32.1. The van der Waals surface area contributed by atoms with Gasteiger partial charge >= 0.3 is 0 Å². The van der Waals surface area contributed by atoms with Crippen LogP contribution in [0.5, 0.6) is 0 Å². The van der Waals surface area contributed by atoms with Crippen molar-refractivity contribution >= 4 is 17.2 Å². The van der Waals surface area contributed by atoms with Gasteiger partial charge in [-0.1, -0.05) is 30.3 Å². The average molecular weight is 412 g/mol. The first-order chi connectivity index (χ1) is 13.8. The molecule has 2 aromatic heterocycles. The molecular weight excluding hydrogens is 380 g/mol. The highest BCUT2D eigenvalue weighted by molar-refractivity contribution is 7.09. The lowest BCUT2D eigenvalue weighted by Crippen LogP contribution is -3.09. The minimum Gasteiger partial charge on any atom is -0.349 e. The fourth-order valence-corrected chi connectivity index (χ4v) is 4.46. The van der Waals surface area contributed by atoms with Crippen molar-refractivity contribution in [3.05, 3.63) is 63.7 Å². The van der Waals surface area contributed by atoms with Gasteiger partial charge in [-0.15, -0.1) is 11.3 Å². The quantitative estimate of drug-likeness (QED) is 0.599. The maximum atomic E-state index is 12.0. The number of quaternary nitrogens is 1. The molecule has 0 spiro atoms. The number of thiazole rings is 1. The number of aryl methyl sites for hydroxylation is 1. The number of aromatic nitrogens is 2. The summed E-state index contributed by atoms with van der Waals surface area (Å²) in [5, 5.41) is 6.14. The van der Waals surface area contributed by atoms with Crippen LogP contribution in [-0.2, 0) is 17.9 Å². The van der Waals surface area contributed by atoms with Gasteiger partial charge in [0, 0.05) is 34.9 Å². The first-order valence-electron chi connectivity index (χ1n) is 10.1. The summed E-state index contributed by atoms with van der Waals surface area (Å²) in [7, 11) is 2.03. The number of nitrogens with one attached hydrogen (secondary N) is 2. The second kappa shape index (κ2) is 9.37. The molecule has 0 aliphatic heterocycles. The second-order valence-electron chi connectivity index (χ2n) is 8.02. The normalized spacial score (nSPS) is 12.3. The third kappa shape index (κ3) is 5.55. The predicted octanol–water partition coefficient (Wildman–Crippen LogP) is 2.82. The van der Waals surface area contributed by atoms with Gasteiger partial charge in [0.2, 0.25) is 0 Å². The molecule has 6 heteroatoms. The first kappa shape index (κ1) is 21.3. The fraction of sp³-hybridized carbons (Fsp3) is 0.391. The molecule has 3 rings (SSSR count). The van der Waals surface area contributed by atoms with Gasteiger partial charge < -0.3 is 14.8 Å². The second-order valence-corrected chi connectivity index (χ2v) is 8.96. The summed E-state index contributed by atoms with van der Waals surface area (Å²) in [5.74, 6) is 0.0822. The topological polar surface area (TPSA) is 51.4 Å². The SMILES string of the molecule is Cc1cc(-c2csc(C[NH+](C)CC(=O)NC(C)C)n2)c(C)n1Cc1ccccc1. The number of likely N-dealkylation sites (N-methyl/N-ethyl adjacent to an activating group) is 1. The van der Waals surface area contributed by atoms with E-state index in [0.29, 0.717) is 6.54 Å². The van der Waals surface area contributed by atoms with Gasteiger partial charge in [0.1, 0.15) is 11.6 Å². The minimum atomic E-state index is 0.0822. The number of amides is 1. The van der Waals surface area contributed by atoms with Gasteiger partial charge in [-0.25, -0.2) is 4.98 Å². The smallest absolute Gasteiger partial charge is 0.275 e. The highest BCUT2D eigenvalue weighted by Gasteiger charge is 2.17. The Hall–Kier alpha value is -2.44. The zero-order chi connectivity index (χ0) is 21.0. The Morgan fingerprint density at radius 3 is 2.66 bits per heavy atom. The molecule has 3 aromatic rings. The molecule has 0 saturated carbocycles. The number of carbonyl (C=O) groups is 1. The van der Waals surface area contributed by atoms with Crippen LogP contribution in [0.1, 0.15) is 35.8 Å². The Bertz CT molecular complexity index is 959. The van der Waals surface area contributed by atoms with Gasteiger partial charge in [-0.3, -0.25) is 4.79 Å². The molecule has 0 aliphatic rings. The number of hydrogen-bond acceptors (Lipinski definition) is 3. The molecule has 1 aromatic carbocycles. The van der Waals surface area contributed by atoms with Gasteiger partial charge in [-0.2, -0.15) is 0 Å². The van der Waals surface area contributed by atoms with Crippen molar-refractivity contribution in [3.63, 3.8) is 0 Å². The van der Waals surface area contributed by atoms with Crippen LogP contribution in [0.25, 0.3) is 11.3 Å². The molecule has 1 unspecified atom stereocenters. The Morgan fingerprint density at radius 2 is 1.97 bits per heavy atom. The molecule has 1 amide bonds. The van der Waals surface area contributed by atoms with Crippen LogP contribution in [0.4, 0.5) is 0 Å². The lowest BCUT2D eigenvalue weighted by Gasteiger charge is -2.13. The standard InChI is InChI=1S/C23H30N4OS/c1-16(2)24-22(28)13-26(5)14-23-25-21(15-29-23)20-11-17(3)27(18(20)4)12-19-9-7-6-8-10-19/h6-11,15-16H,12-14H2,1-5H3,(H,24,28)/p+1. The maximum absolute atomic E-state index is 12.0. The maximum Gasteiger partial charge on any atom is 0.275 e. The largest absolute Gasteiger partial charge is 0.349 e. The minimum absolute atomic E-state index is 0.0822. The lowest BCUT2D eigenvalue weighted by molar-refractivity contribution is -0.885. The molecule has 0 aliphatic carbocycles. The van der Waals surface area contributed by atoms with E-state index < -0.39 is 0 Å². The van der Waals surface area contributed by atoms with Gasteiger partial charge in [0.25, 0.3) is 5.91 Å². The van der Waals surface area contributed by atoms with Crippen LogP contribution < -0.4 is 10.2 Å². The van der Waals surface area contributed by atoms with Crippen molar-refractivity contribution in [2.75, 3.05) is 13.6 Å². The summed E-state index contributed by atoms with van der Waals surface area (Å²) < 4.78 is 2.34. The van der Waals surface area contributed by atoms with E-state index >= 15 is 0 Å². The van der Waals surface area contributed by atoms with Crippen LogP contribution >= 0.6 is 11.3 Å². The number of rotatable bonds is 8. The van der Waals surface area contributed by atoms with Crippen LogP contribution in [0.15, 0.2) is 41.8 Å². The van der Waals surface area contributed by atoms with Crippen LogP contribution in [0.2, 0.25) is 0 Å². The summed E-state index contributed by atoms with van der Waals surface area (Å²) in [6, 6.07) is 12.9. The van der Waals surface area contributed by atoms with Crippen molar-refractivity contribution in [1.29, 1.82) is 0 Å². The third-order valence-electron chi connectivity index (χ3n) is 4.95. The van der Waals surface area contributed by atoms with Crippen molar-refractivity contribution in [2.24, 2.45) is 0 Å². The van der Waals surface area contributed by atoms with Crippen LogP contribution in [0, 0.1) is 13.8 Å². The summed E-state index contributed by atoms with van der Waals surface area (Å²) >= 11 is 1.67. The number of hydrogen-bond donors (Lipinski definition) is 2. The monoisotopic (exact) mass is 411 g/mol. The molecule has 29 heavy (non-hydrogen) atoms. The zero-order valence-corrected chi connectivity index (χ0v) is 18.8. The molecule has 5 nitrogen and oxygen atoms in total. The van der Waals surface area contributed by atoms with Gasteiger partial charge in [0.15, 0.2) is 6.54 Å². The molecule has 0 fully saturated rings. The summed E-state index contributed by atoms with van der Waals surface area (Å²) in [4.78, 5) is 18.0. The van der Waals surface area contributed by atoms with Crippen molar-refractivity contribution in [2.45, 2.75) is 46.8 Å². The van der Waals surface area contributed by atoms with Crippen molar-refractivity contribution < 1.29 is 9.69 Å². The molecule has 1 atom stereocenters. The van der Waals surface area contributed by atoms with E-state index in [4.69, 9.17) is 4.98 Å². The molecule has 0 radical (unpaired) electrons. The van der Waals surface area contributed by atoms with E-state index in [1.165, 1.54) is 22.5 Å². The molecule has 0 saturated heterocycles. The molecule has 154 valence electrons. The molecule has 2 N–H and O–H groups in total. The lowest BCUT2D eigenvalue weighted by atomic mass is 10.2. The number of carbonyl (C=O) groups excluding carboxylic acids is 1. The van der Waals surface area contributed by atoms with Crippen LogP contribution in [-0.4, -0.2) is 35.1 Å². The third-order valence-corrected chi connectivity index (χ3v) is 5.80. The van der Waals surface area contributed by atoms with Crippen molar-refractivity contribution in [3.8, 4) is 11.3 Å². The Labute approximate surface area is 177 Å². The van der Waals surface area contributed by atoms with Crippen LogP contribution in [0.3, 0.4) is 0 Å². The first-order valence-corrected chi connectivity index (χ1v) is 11.0. The summed E-state index contributed by atoms with van der Waals surface area (Å²) in [5.41, 5.74) is 5.99. The molecular formula is C23H31N4OS+.